The maximum atomic E-state index is 12.6. The summed E-state index contributed by atoms with van der Waals surface area (Å²) >= 11 is 0. The van der Waals surface area contributed by atoms with E-state index in [1.54, 1.807) is 11.1 Å². The van der Waals surface area contributed by atoms with E-state index in [0.717, 1.165) is 6.42 Å². The first-order valence-corrected chi connectivity index (χ1v) is 19.8. The summed E-state index contributed by atoms with van der Waals surface area (Å²) in [7, 11) is 0. The molecule has 2 aliphatic carbocycles. The molecule has 2 fully saturated rings. The van der Waals surface area contributed by atoms with Crippen LogP contribution < -0.4 is 0 Å². The fourth-order valence-corrected chi connectivity index (χ4v) is 7.65. The molecule has 2 atom stereocenters. The van der Waals surface area contributed by atoms with Crippen LogP contribution in [-0.2, 0) is 42.4 Å². The standard InChI is InChI=1S/C31H30O4.C14H23.C5H10.Ti/c1-29(2)34-27(30(32,23-15-7-3-8-16-23)24-17-9-4-10-18-24)28(35-29)31(33,25-19-11-5-12-20-25)26-21-13-6-14-22-26;1-13(2,3)11-8-7-9-12(10-11)14(4,5)6;1-2-4-5-3-1;/h3-22,27-28,32-33H,1-2H3;7-9H,10H2,1-6H3;1-5H2;/q;-1;;+2/t27-,28-;;;/m1.../s1. The Labute approximate surface area is 347 Å². The molecule has 4 aromatic carbocycles. The molecule has 1 heterocycles. The molecule has 0 radical (unpaired) electrons. The number of aliphatic hydroxyl groups is 2. The van der Waals surface area contributed by atoms with E-state index in [-0.39, 0.29) is 21.7 Å². The maximum Gasteiger partial charge on any atom is 2.00 e. The molecule has 5 heteroatoms. The first-order valence-electron chi connectivity index (χ1n) is 19.8. The van der Waals surface area contributed by atoms with Gasteiger partial charge in [-0.2, -0.15) is 29.7 Å². The second kappa shape index (κ2) is 18.8. The van der Waals surface area contributed by atoms with Crippen LogP contribution in [0.15, 0.2) is 145 Å². The van der Waals surface area contributed by atoms with Crippen LogP contribution in [0.3, 0.4) is 0 Å². The number of ether oxygens (including phenoxy) is 2. The van der Waals surface area contributed by atoms with Crippen LogP contribution in [0.4, 0.5) is 0 Å². The molecule has 1 saturated heterocycles. The maximum absolute atomic E-state index is 12.6. The van der Waals surface area contributed by atoms with Gasteiger partial charge in [0, 0.05) is 0 Å². The van der Waals surface area contributed by atoms with Gasteiger partial charge in [-0.25, -0.2) is 0 Å². The smallest absolute Gasteiger partial charge is 0.378 e. The SMILES string of the molecule is C1CCCC1.CC(C)(C)C1=C[CH-]C=C(C(C)(C)C)C1.CC1(C)O[C@@H](C(O)(c2ccccc2)c2ccccc2)[C@H](C(O)(c2ccccc2)c2ccccc2)O1.[Ti+2]. The van der Waals surface area contributed by atoms with Gasteiger partial charge in [-0.3, -0.25) is 0 Å². The van der Waals surface area contributed by atoms with E-state index in [9.17, 15) is 10.2 Å². The minimum absolute atomic E-state index is 0. The fourth-order valence-electron chi connectivity index (χ4n) is 7.65. The topological polar surface area (TPSA) is 58.9 Å². The Bertz CT molecular complexity index is 1580. The third-order valence-corrected chi connectivity index (χ3v) is 10.9. The summed E-state index contributed by atoms with van der Waals surface area (Å²) in [6.45, 7) is 17.4. The summed E-state index contributed by atoms with van der Waals surface area (Å²) in [5, 5.41) is 25.2. The van der Waals surface area contributed by atoms with Crippen LogP contribution in [0.2, 0.25) is 0 Å². The van der Waals surface area contributed by atoms with Crippen molar-refractivity contribution < 1.29 is 41.4 Å². The number of benzene rings is 4. The van der Waals surface area contributed by atoms with E-state index in [4.69, 9.17) is 9.47 Å². The van der Waals surface area contributed by atoms with Crippen LogP contribution in [-0.4, -0.2) is 28.2 Å². The van der Waals surface area contributed by atoms with Gasteiger partial charge in [0.05, 0.1) is 0 Å². The van der Waals surface area contributed by atoms with Crippen LogP contribution in [0.25, 0.3) is 0 Å². The van der Waals surface area contributed by atoms with Crippen LogP contribution in [0, 0.1) is 17.3 Å². The molecule has 3 aliphatic rings. The number of hydrogen-bond acceptors (Lipinski definition) is 4. The predicted octanol–water partition coefficient (Wildman–Crippen LogP) is 11.9. The molecule has 1 aliphatic heterocycles. The molecule has 1 saturated carbocycles. The van der Waals surface area contributed by atoms with E-state index in [0.29, 0.717) is 33.1 Å². The number of rotatable bonds is 6. The monoisotopic (exact) mass is 775 g/mol. The van der Waals surface area contributed by atoms with E-state index in [2.05, 4.69) is 60.1 Å². The van der Waals surface area contributed by atoms with Gasteiger partial charge < -0.3 is 19.7 Å². The second-order valence-electron chi connectivity index (χ2n) is 17.5. The van der Waals surface area contributed by atoms with Crippen molar-refractivity contribution in [2.24, 2.45) is 10.8 Å². The Kier molecular flexibility index (Phi) is 15.2. The molecule has 0 aromatic heterocycles. The van der Waals surface area contributed by atoms with E-state index in [1.165, 1.54) is 32.1 Å². The minimum atomic E-state index is -1.60. The van der Waals surface area contributed by atoms with Crippen molar-refractivity contribution >= 4 is 0 Å². The van der Waals surface area contributed by atoms with Gasteiger partial charge >= 0.3 is 21.7 Å². The Morgan fingerprint density at radius 1 is 0.491 bits per heavy atom. The third kappa shape index (κ3) is 10.8. The van der Waals surface area contributed by atoms with Crippen molar-refractivity contribution in [2.45, 2.75) is 123 Å². The first-order chi connectivity index (χ1) is 25.6. The molecule has 0 unspecified atom stereocenters. The molecular formula is C50H63O4Ti+. The fraction of sp³-hybridized carbons (Fsp3) is 0.420. The Morgan fingerprint density at radius 3 is 0.982 bits per heavy atom. The predicted molar refractivity (Wildman–Crippen MR) is 223 cm³/mol. The van der Waals surface area contributed by atoms with Gasteiger partial charge in [-0.15, -0.1) is 0 Å². The van der Waals surface area contributed by atoms with E-state index >= 15 is 0 Å². The van der Waals surface area contributed by atoms with Gasteiger partial charge in [-0.1, -0.05) is 212 Å². The Morgan fingerprint density at radius 2 is 0.745 bits per heavy atom. The van der Waals surface area contributed by atoms with Gasteiger partial charge in [-0.05, 0) is 36.1 Å². The Hall–Kier alpha value is -3.22. The zero-order chi connectivity index (χ0) is 39.0. The summed E-state index contributed by atoms with van der Waals surface area (Å²) in [5.41, 5.74) is 3.14. The molecule has 0 bridgehead atoms. The minimum Gasteiger partial charge on any atom is -0.378 e. The van der Waals surface area contributed by atoms with Crippen molar-refractivity contribution in [1.29, 1.82) is 0 Å². The van der Waals surface area contributed by atoms with Crippen molar-refractivity contribution in [1.82, 2.24) is 0 Å². The molecule has 290 valence electrons. The second-order valence-corrected chi connectivity index (χ2v) is 17.5. The molecular weight excluding hydrogens is 712 g/mol. The normalized spacial score (nSPS) is 19.6. The van der Waals surface area contributed by atoms with Crippen LogP contribution >= 0.6 is 0 Å². The van der Waals surface area contributed by atoms with Gasteiger partial charge in [0.2, 0.25) is 0 Å². The average molecular weight is 776 g/mol. The van der Waals surface area contributed by atoms with E-state index in [1.807, 2.05) is 135 Å². The average Bonchev–Trinajstić information content (AvgIpc) is 3.88. The molecule has 4 aromatic rings. The Balaban J connectivity index is 0.000000277. The van der Waals surface area contributed by atoms with Crippen molar-refractivity contribution in [3.8, 4) is 0 Å². The summed E-state index contributed by atoms with van der Waals surface area (Å²) in [4.78, 5) is 0. The van der Waals surface area contributed by atoms with Crippen molar-refractivity contribution in [3.63, 3.8) is 0 Å². The third-order valence-electron chi connectivity index (χ3n) is 10.9. The quantitative estimate of drug-likeness (QED) is 0.151. The zero-order valence-corrected chi connectivity index (χ0v) is 35.9. The summed E-state index contributed by atoms with van der Waals surface area (Å²) < 4.78 is 13.0. The molecule has 55 heavy (non-hydrogen) atoms. The zero-order valence-electron chi connectivity index (χ0n) is 34.4. The van der Waals surface area contributed by atoms with Gasteiger partial charge in [0.25, 0.3) is 0 Å². The molecule has 0 amide bonds. The molecule has 7 rings (SSSR count). The number of allylic oxidation sites excluding steroid dienone is 4. The summed E-state index contributed by atoms with van der Waals surface area (Å²) in [6, 6.07) is 37.8. The molecule has 2 N–H and O–H groups in total. The van der Waals surface area contributed by atoms with Gasteiger partial charge in [0.15, 0.2) is 5.79 Å². The summed E-state index contributed by atoms with van der Waals surface area (Å²) in [6.07, 6.45) is 13.5. The first kappa shape index (κ1) is 44.5. The molecule has 0 spiro atoms. The number of hydrogen-bond donors (Lipinski definition) is 2. The van der Waals surface area contributed by atoms with E-state index < -0.39 is 29.2 Å². The largest absolute Gasteiger partial charge is 2.00 e. The van der Waals surface area contributed by atoms with Crippen molar-refractivity contribution in [3.05, 3.63) is 173 Å². The summed E-state index contributed by atoms with van der Waals surface area (Å²) in [5.74, 6) is -1.05. The van der Waals surface area contributed by atoms with Crippen LogP contribution in [0.1, 0.15) is 116 Å². The molecule has 4 nitrogen and oxygen atoms in total. The van der Waals surface area contributed by atoms with Gasteiger partial charge in [0.1, 0.15) is 23.4 Å². The van der Waals surface area contributed by atoms with Crippen LogP contribution in [0.5, 0.6) is 0 Å². The van der Waals surface area contributed by atoms with Crippen molar-refractivity contribution in [2.75, 3.05) is 0 Å².